The third-order valence-corrected chi connectivity index (χ3v) is 2.46. The van der Waals surface area contributed by atoms with Crippen LogP contribution in [0.15, 0.2) is 28.2 Å². The highest BCUT2D eigenvalue weighted by molar-refractivity contribution is 9.10. The van der Waals surface area contributed by atoms with E-state index in [4.69, 9.17) is 22.1 Å². The van der Waals surface area contributed by atoms with Gasteiger partial charge in [-0.25, -0.2) is 0 Å². The molecule has 0 saturated heterocycles. The van der Waals surface area contributed by atoms with Crippen LogP contribution in [0.4, 0.5) is 0 Å². The van der Waals surface area contributed by atoms with E-state index in [0.29, 0.717) is 5.02 Å². The zero-order chi connectivity index (χ0) is 10.6. The molecule has 1 aromatic rings. The average molecular weight is 268 g/mol. The van der Waals surface area contributed by atoms with Gasteiger partial charge in [0.2, 0.25) is 0 Å². The van der Waals surface area contributed by atoms with E-state index in [-0.39, 0.29) is 5.57 Å². The fourth-order valence-electron chi connectivity index (χ4n) is 0.870. The lowest BCUT2D eigenvalue weighted by Crippen LogP contribution is -1.78. The van der Waals surface area contributed by atoms with Crippen LogP contribution in [-0.2, 0) is 0 Å². The van der Waals surface area contributed by atoms with Crippen LogP contribution in [0.25, 0.3) is 6.08 Å². The summed E-state index contributed by atoms with van der Waals surface area (Å²) in [5.41, 5.74) is 0.767. The van der Waals surface area contributed by atoms with Crippen LogP contribution in [0.5, 0.6) is 0 Å². The number of benzene rings is 1. The third-order valence-electron chi connectivity index (χ3n) is 1.50. The van der Waals surface area contributed by atoms with Gasteiger partial charge in [-0.05, 0) is 29.8 Å². The van der Waals surface area contributed by atoms with E-state index in [1.54, 1.807) is 30.3 Å². The summed E-state index contributed by atoms with van der Waals surface area (Å²) in [6.45, 7) is 0. The molecule has 0 aliphatic heterocycles. The summed E-state index contributed by atoms with van der Waals surface area (Å²) in [5.74, 6) is 0. The third kappa shape index (κ3) is 2.60. The van der Waals surface area contributed by atoms with Crippen LogP contribution < -0.4 is 0 Å². The normalized spacial score (nSPS) is 8.57. The van der Waals surface area contributed by atoms with Gasteiger partial charge in [-0.3, -0.25) is 0 Å². The second-order valence-electron chi connectivity index (χ2n) is 2.45. The van der Waals surface area contributed by atoms with Crippen molar-refractivity contribution in [3.05, 3.63) is 38.8 Å². The Labute approximate surface area is 95.2 Å². The van der Waals surface area contributed by atoms with Crippen molar-refractivity contribution in [1.29, 1.82) is 10.5 Å². The van der Waals surface area contributed by atoms with E-state index < -0.39 is 0 Å². The van der Waals surface area contributed by atoms with Crippen LogP contribution in [0.2, 0.25) is 5.02 Å². The Bertz CT molecular complexity index is 450. The van der Waals surface area contributed by atoms with Gasteiger partial charge in [0.1, 0.15) is 17.7 Å². The van der Waals surface area contributed by atoms with Crippen molar-refractivity contribution in [1.82, 2.24) is 0 Å². The molecule has 0 saturated carbocycles. The Balaban J connectivity index is 3.22. The van der Waals surface area contributed by atoms with E-state index in [1.165, 1.54) is 6.08 Å². The second-order valence-corrected chi connectivity index (χ2v) is 3.74. The summed E-state index contributed by atoms with van der Waals surface area (Å²) >= 11 is 9.07. The Hall–Kier alpha value is -1.29. The first-order valence-electron chi connectivity index (χ1n) is 3.64. The molecule has 4 heteroatoms. The molecule has 0 radical (unpaired) electrons. The topological polar surface area (TPSA) is 47.6 Å². The standard InChI is InChI=1S/C10H4BrClN2/c11-10-2-1-9(12)4-8(10)3-7(5-13)6-14/h1-4H. The first kappa shape index (κ1) is 10.8. The minimum atomic E-state index is 0.0490. The van der Waals surface area contributed by atoms with Gasteiger partial charge in [0, 0.05) is 9.50 Å². The van der Waals surface area contributed by atoms with Gasteiger partial charge in [-0.1, -0.05) is 27.5 Å². The molecule has 0 aliphatic carbocycles. The summed E-state index contributed by atoms with van der Waals surface area (Å²) in [6.07, 6.45) is 1.48. The molecule has 2 nitrogen and oxygen atoms in total. The lowest BCUT2D eigenvalue weighted by molar-refractivity contribution is 1.47. The Morgan fingerprint density at radius 1 is 1.36 bits per heavy atom. The molecule has 0 heterocycles. The molecule has 0 N–H and O–H groups in total. The first-order valence-corrected chi connectivity index (χ1v) is 4.81. The molecule has 1 aromatic carbocycles. The highest BCUT2D eigenvalue weighted by atomic mass is 79.9. The van der Waals surface area contributed by atoms with Gasteiger partial charge < -0.3 is 0 Å². The van der Waals surface area contributed by atoms with Gasteiger partial charge in [-0.2, -0.15) is 10.5 Å². The minimum Gasteiger partial charge on any atom is -0.192 e. The maximum atomic E-state index is 8.56. The first-order chi connectivity index (χ1) is 6.67. The van der Waals surface area contributed by atoms with E-state index >= 15 is 0 Å². The van der Waals surface area contributed by atoms with Gasteiger partial charge in [0.25, 0.3) is 0 Å². The molecule has 0 unspecified atom stereocenters. The summed E-state index contributed by atoms with van der Waals surface area (Å²) in [7, 11) is 0. The van der Waals surface area contributed by atoms with E-state index in [0.717, 1.165) is 10.0 Å². The van der Waals surface area contributed by atoms with Crippen molar-refractivity contribution in [2.45, 2.75) is 0 Å². The molecule has 0 aliphatic rings. The van der Waals surface area contributed by atoms with Gasteiger partial charge in [0.05, 0.1) is 0 Å². The molecule has 0 amide bonds. The summed E-state index contributed by atoms with van der Waals surface area (Å²) in [4.78, 5) is 0. The number of nitrogens with zero attached hydrogens (tertiary/aromatic N) is 2. The SMILES string of the molecule is N#CC(C#N)=Cc1cc(Cl)ccc1Br. The molecular formula is C10H4BrClN2. The highest BCUT2D eigenvalue weighted by Gasteiger charge is 2.00. The van der Waals surface area contributed by atoms with Gasteiger partial charge in [0.15, 0.2) is 0 Å². The smallest absolute Gasteiger partial charge is 0.130 e. The van der Waals surface area contributed by atoms with Crippen molar-refractivity contribution in [3.8, 4) is 12.1 Å². The Kier molecular flexibility index (Phi) is 3.71. The maximum Gasteiger partial charge on any atom is 0.130 e. The molecule has 0 aromatic heterocycles. The molecule has 0 spiro atoms. The lowest BCUT2D eigenvalue weighted by Gasteiger charge is -1.98. The van der Waals surface area contributed by atoms with Crippen molar-refractivity contribution < 1.29 is 0 Å². The molecule has 0 fully saturated rings. The Morgan fingerprint density at radius 3 is 2.57 bits per heavy atom. The second kappa shape index (κ2) is 4.81. The molecule has 0 atom stereocenters. The summed E-state index contributed by atoms with van der Waals surface area (Å²) < 4.78 is 0.796. The molecule has 0 bridgehead atoms. The van der Waals surface area contributed by atoms with Crippen molar-refractivity contribution in [3.63, 3.8) is 0 Å². The van der Waals surface area contributed by atoms with Crippen LogP contribution in [0.3, 0.4) is 0 Å². The van der Waals surface area contributed by atoms with E-state index in [1.807, 2.05) is 0 Å². The van der Waals surface area contributed by atoms with Crippen LogP contribution in [0.1, 0.15) is 5.56 Å². The van der Waals surface area contributed by atoms with Crippen LogP contribution in [0, 0.1) is 22.7 Å². The lowest BCUT2D eigenvalue weighted by atomic mass is 10.1. The number of hydrogen-bond acceptors (Lipinski definition) is 2. The Morgan fingerprint density at radius 2 is 2.00 bits per heavy atom. The van der Waals surface area contributed by atoms with Crippen molar-refractivity contribution >= 4 is 33.6 Å². The fourth-order valence-corrected chi connectivity index (χ4v) is 1.41. The number of hydrogen-bond donors (Lipinski definition) is 0. The predicted molar refractivity (Wildman–Crippen MR) is 58.4 cm³/mol. The van der Waals surface area contributed by atoms with E-state index in [2.05, 4.69) is 15.9 Å². The van der Waals surface area contributed by atoms with Gasteiger partial charge >= 0.3 is 0 Å². The zero-order valence-electron chi connectivity index (χ0n) is 6.96. The number of halogens is 2. The molecular weight excluding hydrogens is 263 g/mol. The van der Waals surface area contributed by atoms with Gasteiger partial charge in [-0.15, -0.1) is 0 Å². The fraction of sp³-hybridized carbons (Fsp3) is 0. The largest absolute Gasteiger partial charge is 0.192 e. The van der Waals surface area contributed by atoms with Crippen LogP contribution >= 0.6 is 27.5 Å². The quantitative estimate of drug-likeness (QED) is 0.731. The minimum absolute atomic E-state index is 0.0490. The molecule has 68 valence electrons. The molecule has 14 heavy (non-hydrogen) atoms. The number of allylic oxidation sites excluding steroid dienone is 1. The highest BCUT2D eigenvalue weighted by Crippen LogP contribution is 2.23. The average Bonchev–Trinajstić information content (AvgIpc) is 2.19. The van der Waals surface area contributed by atoms with E-state index in [9.17, 15) is 0 Å². The monoisotopic (exact) mass is 266 g/mol. The van der Waals surface area contributed by atoms with Crippen molar-refractivity contribution in [2.24, 2.45) is 0 Å². The van der Waals surface area contributed by atoms with Crippen LogP contribution in [-0.4, -0.2) is 0 Å². The summed E-state index contributed by atoms with van der Waals surface area (Å²) in [5, 5.41) is 17.7. The molecule has 1 rings (SSSR count). The predicted octanol–water partition coefficient (Wildman–Crippen LogP) is 3.53. The van der Waals surface area contributed by atoms with Crippen molar-refractivity contribution in [2.75, 3.05) is 0 Å². The maximum absolute atomic E-state index is 8.56. The number of nitriles is 2. The number of rotatable bonds is 1. The summed E-state index contributed by atoms with van der Waals surface area (Å²) in [6, 6.07) is 8.73. The zero-order valence-corrected chi connectivity index (χ0v) is 9.30.